The SMILES string of the molecule is CCN(CC(C)(C)CN)C(=O)c1c[nH]c(=O)[nH]c1=O. The maximum Gasteiger partial charge on any atom is 0.325 e. The quantitative estimate of drug-likeness (QED) is 0.669. The topological polar surface area (TPSA) is 112 Å². The van der Waals surface area contributed by atoms with Crippen LogP contribution in [-0.2, 0) is 0 Å². The predicted octanol–water partition coefficient (Wildman–Crippen LogP) is -0.490. The zero-order chi connectivity index (χ0) is 14.6. The van der Waals surface area contributed by atoms with Gasteiger partial charge in [-0.1, -0.05) is 13.8 Å². The summed E-state index contributed by atoms with van der Waals surface area (Å²) in [6.07, 6.45) is 1.14. The molecule has 0 saturated heterocycles. The number of aromatic amines is 2. The minimum absolute atomic E-state index is 0.0747. The van der Waals surface area contributed by atoms with Gasteiger partial charge in [-0.3, -0.25) is 14.6 Å². The lowest BCUT2D eigenvalue weighted by molar-refractivity contribution is 0.0698. The molecule has 0 fully saturated rings. The van der Waals surface area contributed by atoms with Gasteiger partial charge in [0.1, 0.15) is 5.56 Å². The second-order valence-electron chi connectivity index (χ2n) is 5.17. The maximum absolute atomic E-state index is 12.2. The minimum Gasteiger partial charge on any atom is -0.338 e. The van der Waals surface area contributed by atoms with Gasteiger partial charge in [0.15, 0.2) is 0 Å². The first-order valence-corrected chi connectivity index (χ1v) is 6.12. The lowest BCUT2D eigenvalue weighted by atomic mass is 9.93. The monoisotopic (exact) mass is 268 g/mol. The van der Waals surface area contributed by atoms with Crippen LogP contribution in [0.25, 0.3) is 0 Å². The first kappa shape index (κ1) is 15.2. The molecule has 0 unspecified atom stereocenters. The molecule has 1 aromatic heterocycles. The average molecular weight is 268 g/mol. The molecule has 0 saturated carbocycles. The Morgan fingerprint density at radius 3 is 2.53 bits per heavy atom. The first-order valence-electron chi connectivity index (χ1n) is 6.12. The van der Waals surface area contributed by atoms with Crippen molar-refractivity contribution in [3.63, 3.8) is 0 Å². The van der Waals surface area contributed by atoms with E-state index >= 15 is 0 Å². The second-order valence-corrected chi connectivity index (χ2v) is 5.17. The number of H-pyrrole nitrogens is 2. The second kappa shape index (κ2) is 5.83. The third kappa shape index (κ3) is 3.78. The summed E-state index contributed by atoms with van der Waals surface area (Å²) in [6.45, 7) is 7.04. The molecule has 0 aliphatic heterocycles. The molecular weight excluding hydrogens is 248 g/mol. The van der Waals surface area contributed by atoms with Crippen molar-refractivity contribution in [2.75, 3.05) is 19.6 Å². The number of hydrogen-bond donors (Lipinski definition) is 3. The summed E-state index contributed by atoms with van der Waals surface area (Å²) in [5.41, 5.74) is 4.02. The van der Waals surface area contributed by atoms with Crippen LogP contribution in [0.4, 0.5) is 0 Å². The van der Waals surface area contributed by atoms with E-state index in [1.807, 2.05) is 25.8 Å². The summed E-state index contributed by atoms with van der Waals surface area (Å²) in [6, 6.07) is 0. The van der Waals surface area contributed by atoms with Gasteiger partial charge in [0.05, 0.1) is 0 Å². The molecule has 0 radical (unpaired) electrons. The van der Waals surface area contributed by atoms with E-state index in [9.17, 15) is 14.4 Å². The van der Waals surface area contributed by atoms with Crippen molar-refractivity contribution in [1.82, 2.24) is 14.9 Å². The molecule has 0 aliphatic rings. The third-order valence-corrected chi connectivity index (χ3v) is 2.89. The van der Waals surface area contributed by atoms with Gasteiger partial charge in [-0.05, 0) is 18.9 Å². The summed E-state index contributed by atoms with van der Waals surface area (Å²) in [7, 11) is 0. The van der Waals surface area contributed by atoms with E-state index in [-0.39, 0.29) is 11.0 Å². The predicted molar refractivity (Wildman–Crippen MR) is 72.1 cm³/mol. The van der Waals surface area contributed by atoms with Crippen LogP contribution in [0.1, 0.15) is 31.1 Å². The molecule has 4 N–H and O–H groups in total. The Balaban J connectivity index is 3.02. The Morgan fingerprint density at radius 2 is 2.05 bits per heavy atom. The third-order valence-electron chi connectivity index (χ3n) is 2.89. The Morgan fingerprint density at radius 1 is 1.42 bits per heavy atom. The molecule has 1 rings (SSSR count). The average Bonchev–Trinajstić information content (AvgIpc) is 2.35. The van der Waals surface area contributed by atoms with E-state index in [1.165, 1.54) is 4.90 Å². The van der Waals surface area contributed by atoms with Crippen LogP contribution in [0.2, 0.25) is 0 Å². The fourth-order valence-electron chi connectivity index (χ4n) is 1.65. The summed E-state index contributed by atoms with van der Waals surface area (Å²) in [5.74, 6) is -0.415. The lowest BCUT2D eigenvalue weighted by Gasteiger charge is -2.30. The van der Waals surface area contributed by atoms with Crippen LogP contribution in [-0.4, -0.2) is 40.4 Å². The number of amides is 1. The Hall–Kier alpha value is -1.89. The van der Waals surface area contributed by atoms with Crippen molar-refractivity contribution in [1.29, 1.82) is 0 Å². The van der Waals surface area contributed by atoms with Crippen LogP contribution in [0.5, 0.6) is 0 Å². The van der Waals surface area contributed by atoms with Crippen molar-refractivity contribution < 1.29 is 4.79 Å². The van der Waals surface area contributed by atoms with Crippen molar-refractivity contribution in [3.05, 3.63) is 32.6 Å². The summed E-state index contributed by atoms with van der Waals surface area (Å²) in [5, 5.41) is 0. The Labute approximate surface area is 110 Å². The number of carbonyl (C=O) groups excluding carboxylic acids is 1. The minimum atomic E-state index is -0.683. The molecule has 7 nitrogen and oxygen atoms in total. The lowest BCUT2D eigenvalue weighted by Crippen LogP contribution is -2.44. The normalized spacial score (nSPS) is 11.4. The number of rotatable bonds is 5. The largest absolute Gasteiger partial charge is 0.338 e. The van der Waals surface area contributed by atoms with Gasteiger partial charge >= 0.3 is 5.69 Å². The van der Waals surface area contributed by atoms with Crippen LogP contribution in [0, 0.1) is 5.41 Å². The van der Waals surface area contributed by atoms with Crippen molar-refractivity contribution in [3.8, 4) is 0 Å². The molecule has 0 atom stereocenters. The highest BCUT2D eigenvalue weighted by molar-refractivity contribution is 5.93. The molecule has 1 aromatic rings. The number of nitrogens with zero attached hydrogens (tertiary/aromatic N) is 1. The highest BCUT2D eigenvalue weighted by Crippen LogP contribution is 2.15. The molecule has 0 bridgehead atoms. The van der Waals surface area contributed by atoms with Gasteiger partial charge in [-0.2, -0.15) is 0 Å². The van der Waals surface area contributed by atoms with Crippen molar-refractivity contribution >= 4 is 5.91 Å². The number of nitrogens with one attached hydrogen (secondary N) is 2. The molecular formula is C12H20N4O3. The summed E-state index contributed by atoms with van der Waals surface area (Å²) in [4.78, 5) is 40.6. The van der Waals surface area contributed by atoms with Gasteiger partial charge in [0.2, 0.25) is 0 Å². The van der Waals surface area contributed by atoms with Crippen LogP contribution >= 0.6 is 0 Å². The summed E-state index contributed by atoms with van der Waals surface area (Å²) >= 11 is 0. The Bertz CT molecular complexity index is 559. The standard InChI is InChI=1S/C12H20N4O3/c1-4-16(7-12(2,3)6-13)10(18)8-5-14-11(19)15-9(8)17/h5H,4,6-7,13H2,1-3H3,(H2,14,15,17,19). The van der Waals surface area contributed by atoms with Gasteiger partial charge in [-0.15, -0.1) is 0 Å². The fourth-order valence-corrected chi connectivity index (χ4v) is 1.65. The van der Waals surface area contributed by atoms with Gasteiger partial charge in [0.25, 0.3) is 11.5 Å². The van der Waals surface area contributed by atoms with E-state index in [1.54, 1.807) is 0 Å². The van der Waals surface area contributed by atoms with Gasteiger partial charge < -0.3 is 15.6 Å². The number of hydrogen-bond acceptors (Lipinski definition) is 4. The van der Waals surface area contributed by atoms with Crippen molar-refractivity contribution in [2.45, 2.75) is 20.8 Å². The molecule has 0 aliphatic carbocycles. The maximum atomic E-state index is 12.2. The van der Waals surface area contributed by atoms with Gasteiger partial charge in [-0.25, -0.2) is 4.79 Å². The van der Waals surface area contributed by atoms with Crippen LogP contribution < -0.4 is 17.0 Å². The van der Waals surface area contributed by atoms with E-state index in [0.29, 0.717) is 19.6 Å². The highest BCUT2D eigenvalue weighted by atomic mass is 16.2. The van der Waals surface area contributed by atoms with Gasteiger partial charge in [0, 0.05) is 19.3 Å². The number of nitrogens with two attached hydrogens (primary N) is 1. The summed E-state index contributed by atoms with van der Waals surface area (Å²) < 4.78 is 0. The molecule has 0 spiro atoms. The van der Waals surface area contributed by atoms with E-state index < -0.39 is 17.2 Å². The first-order chi connectivity index (χ1) is 8.80. The zero-order valence-corrected chi connectivity index (χ0v) is 11.4. The molecule has 1 amide bonds. The van der Waals surface area contributed by atoms with E-state index in [4.69, 9.17) is 5.73 Å². The van der Waals surface area contributed by atoms with Crippen molar-refractivity contribution in [2.24, 2.45) is 11.1 Å². The fraction of sp³-hybridized carbons (Fsp3) is 0.583. The Kier molecular flexibility index (Phi) is 4.66. The van der Waals surface area contributed by atoms with E-state index in [0.717, 1.165) is 6.20 Å². The molecule has 1 heterocycles. The molecule has 19 heavy (non-hydrogen) atoms. The highest BCUT2D eigenvalue weighted by Gasteiger charge is 2.25. The van der Waals surface area contributed by atoms with E-state index in [2.05, 4.69) is 4.98 Å². The van der Waals surface area contributed by atoms with Crippen LogP contribution in [0.3, 0.4) is 0 Å². The number of carbonyl (C=O) groups is 1. The smallest absolute Gasteiger partial charge is 0.325 e. The molecule has 0 aromatic carbocycles. The van der Waals surface area contributed by atoms with Crippen LogP contribution in [0.15, 0.2) is 15.8 Å². The zero-order valence-electron chi connectivity index (χ0n) is 11.4. The molecule has 106 valence electrons. The number of aromatic nitrogens is 2. The molecule has 7 heteroatoms.